The van der Waals surface area contributed by atoms with Crippen LogP contribution in [-0.2, 0) is 20.9 Å². The lowest BCUT2D eigenvalue weighted by Crippen LogP contribution is -2.34. The Morgan fingerprint density at radius 1 is 1.12 bits per heavy atom. The first-order chi connectivity index (χ1) is 16.2. The molecule has 0 unspecified atom stereocenters. The molecule has 6 heteroatoms. The summed E-state index contributed by atoms with van der Waals surface area (Å²) in [6.45, 7) is 8.25. The quantitative estimate of drug-likeness (QED) is 0.534. The Bertz CT molecular complexity index is 1240. The minimum Gasteiger partial charge on any atom is -0.489 e. The van der Waals surface area contributed by atoms with E-state index in [0.717, 1.165) is 57.8 Å². The average Bonchev–Trinajstić information content (AvgIpc) is 2.79. The van der Waals surface area contributed by atoms with Crippen molar-refractivity contribution in [3.63, 3.8) is 0 Å². The summed E-state index contributed by atoms with van der Waals surface area (Å²) < 4.78 is 11.3. The molecule has 1 N–H and O–H groups in total. The fraction of sp³-hybridized carbons (Fsp3) is 0.357. The zero-order chi connectivity index (χ0) is 24.6. The molecule has 1 aliphatic carbocycles. The van der Waals surface area contributed by atoms with Crippen LogP contribution in [0.3, 0.4) is 0 Å². The standard InChI is InChI=1S/C28H30ClNO4/c1-15-11-19(14-34-24-10-9-20(29)13-16(24)2)17(3)21(12-15)26-25(28(32)33-5)18(4)30-22-7-6-8-23(31)27(22)26/h9-13,26,30H,6-8,14H2,1-5H3/t26-/m0/s1. The Labute approximate surface area is 205 Å². The first-order valence-electron chi connectivity index (χ1n) is 11.5. The number of dihydropyridines is 1. The highest BCUT2D eigenvalue weighted by atomic mass is 35.5. The van der Waals surface area contributed by atoms with Crippen LogP contribution < -0.4 is 10.1 Å². The molecule has 5 nitrogen and oxygen atoms in total. The summed E-state index contributed by atoms with van der Waals surface area (Å²) in [5.74, 6) is -0.0295. The number of carbonyl (C=O) groups excluding carboxylic acids is 2. The van der Waals surface area contributed by atoms with Gasteiger partial charge in [0.05, 0.1) is 12.7 Å². The lowest BCUT2D eigenvalue weighted by Gasteiger charge is -2.35. The van der Waals surface area contributed by atoms with Gasteiger partial charge in [0.25, 0.3) is 0 Å². The normalized spacial score (nSPS) is 17.9. The minimum absolute atomic E-state index is 0.0862. The second-order valence-corrected chi connectivity index (χ2v) is 9.53. The van der Waals surface area contributed by atoms with E-state index in [-0.39, 0.29) is 5.78 Å². The van der Waals surface area contributed by atoms with Crippen LogP contribution in [0.5, 0.6) is 5.75 Å². The monoisotopic (exact) mass is 479 g/mol. The molecule has 1 atom stereocenters. The molecule has 4 rings (SSSR count). The van der Waals surface area contributed by atoms with Gasteiger partial charge in [-0.2, -0.15) is 0 Å². The van der Waals surface area contributed by atoms with Crippen molar-refractivity contribution >= 4 is 23.4 Å². The molecule has 1 heterocycles. The van der Waals surface area contributed by atoms with Crippen LogP contribution >= 0.6 is 11.6 Å². The molecular formula is C28H30ClNO4. The Kier molecular flexibility index (Phi) is 6.85. The molecule has 0 saturated heterocycles. The molecule has 0 fully saturated rings. The number of ether oxygens (including phenoxy) is 2. The SMILES string of the molecule is COC(=O)C1=C(C)NC2=C(C(=O)CCC2)[C@H]1c1cc(C)cc(COc2ccc(Cl)cc2C)c1C. The number of Topliss-reactive ketones (excluding diaryl/α,β-unsaturated/α-hetero) is 1. The predicted octanol–water partition coefficient (Wildman–Crippen LogP) is 5.99. The average molecular weight is 480 g/mol. The van der Waals surface area contributed by atoms with Gasteiger partial charge in [-0.15, -0.1) is 0 Å². The van der Waals surface area contributed by atoms with Crippen molar-refractivity contribution in [2.75, 3.05) is 7.11 Å². The third-order valence-corrected chi connectivity index (χ3v) is 6.95. The minimum atomic E-state index is -0.465. The summed E-state index contributed by atoms with van der Waals surface area (Å²) in [6, 6.07) is 9.73. The van der Waals surface area contributed by atoms with Gasteiger partial charge in [0.1, 0.15) is 12.4 Å². The molecule has 0 bridgehead atoms. The Balaban J connectivity index is 1.80. The second kappa shape index (κ2) is 9.67. The number of carbonyl (C=O) groups is 2. The smallest absolute Gasteiger partial charge is 0.336 e. The predicted molar refractivity (Wildman–Crippen MR) is 133 cm³/mol. The van der Waals surface area contributed by atoms with E-state index >= 15 is 0 Å². The van der Waals surface area contributed by atoms with Crippen LogP contribution in [-0.4, -0.2) is 18.9 Å². The van der Waals surface area contributed by atoms with Gasteiger partial charge >= 0.3 is 5.97 Å². The first kappa shape index (κ1) is 24.1. The number of hydrogen-bond acceptors (Lipinski definition) is 5. The number of benzene rings is 2. The molecule has 2 aromatic rings. The second-order valence-electron chi connectivity index (χ2n) is 9.09. The van der Waals surface area contributed by atoms with Gasteiger partial charge in [-0.05, 0) is 81.0 Å². The van der Waals surface area contributed by atoms with Crippen LogP contribution in [0.2, 0.25) is 5.02 Å². The molecule has 0 saturated carbocycles. The van der Waals surface area contributed by atoms with Crippen molar-refractivity contribution in [1.82, 2.24) is 5.32 Å². The van der Waals surface area contributed by atoms with Crippen LogP contribution in [0.15, 0.2) is 52.9 Å². The van der Waals surface area contributed by atoms with Gasteiger partial charge in [-0.25, -0.2) is 4.79 Å². The van der Waals surface area contributed by atoms with Gasteiger partial charge in [-0.1, -0.05) is 29.3 Å². The summed E-state index contributed by atoms with van der Waals surface area (Å²) in [5.41, 5.74) is 7.79. The summed E-state index contributed by atoms with van der Waals surface area (Å²) in [7, 11) is 1.38. The van der Waals surface area contributed by atoms with E-state index in [1.165, 1.54) is 7.11 Å². The van der Waals surface area contributed by atoms with Gasteiger partial charge in [0.15, 0.2) is 5.78 Å². The molecule has 178 valence electrons. The van der Waals surface area contributed by atoms with E-state index in [1.54, 1.807) is 0 Å². The third-order valence-electron chi connectivity index (χ3n) is 6.71. The largest absolute Gasteiger partial charge is 0.489 e. The van der Waals surface area contributed by atoms with E-state index in [9.17, 15) is 9.59 Å². The van der Waals surface area contributed by atoms with E-state index in [4.69, 9.17) is 21.1 Å². The lowest BCUT2D eigenvalue weighted by molar-refractivity contribution is -0.136. The van der Waals surface area contributed by atoms with Crippen LogP contribution in [0.4, 0.5) is 0 Å². The fourth-order valence-electron chi connectivity index (χ4n) is 5.02. The van der Waals surface area contributed by atoms with Crippen molar-refractivity contribution in [2.45, 2.75) is 59.5 Å². The zero-order valence-corrected chi connectivity index (χ0v) is 21.1. The topological polar surface area (TPSA) is 64.6 Å². The number of halogens is 1. The van der Waals surface area contributed by atoms with Crippen LogP contribution in [0.25, 0.3) is 0 Å². The highest BCUT2D eigenvalue weighted by Gasteiger charge is 2.39. The van der Waals surface area contributed by atoms with Gasteiger partial charge in [-0.3, -0.25) is 4.79 Å². The van der Waals surface area contributed by atoms with Gasteiger partial charge in [0.2, 0.25) is 0 Å². The van der Waals surface area contributed by atoms with E-state index < -0.39 is 11.9 Å². The van der Waals surface area contributed by atoms with Crippen molar-refractivity contribution in [3.05, 3.63) is 85.7 Å². The summed E-state index contributed by atoms with van der Waals surface area (Å²) >= 11 is 6.08. The van der Waals surface area contributed by atoms with Crippen molar-refractivity contribution in [1.29, 1.82) is 0 Å². The van der Waals surface area contributed by atoms with E-state index in [0.29, 0.717) is 29.2 Å². The molecular weight excluding hydrogens is 450 g/mol. The number of esters is 1. The zero-order valence-electron chi connectivity index (χ0n) is 20.3. The van der Waals surface area contributed by atoms with E-state index in [2.05, 4.69) is 17.4 Å². The van der Waals surface area contributed by atoms with Crippen LogP contribution in [0, 0.1) is 20.8 Å². The Morgan fingerprint density at radius 2 is 1.88 bits per heavy atom. The van der Waals surface area contributed by atoms with E-state index in [1.807, 2.05) is 45.9 Å². The Morgan fingerprint density at radius 3 is 2.59 bits per heavy atom. The highest BCUT2D eigenvalue weighted by Crippen LogP contribution is 2.44. The molecule has 0 radical (unpaired) electrons. The fourth-order valence-corrected chi connectivity index (χ4v) is 5.25. The van der Waals surface area contributed by atoms with Gasteiger partial charge < -0.3 is 14.8 Å². The van der Waals surface area contributed by atoms with Crippen molar-refractivity contribution < 1.29 is 19.1 Å². The molecule has 2 aromatic carbocycles. The molecule has 0 spiro atoms. The summed E-state index contributed by atoms with van der Waals surface area (Å²) in [4.78, 5) is 26.0. The number of rotatable bonds is 5. The first-order valence-corrected chi connectivity index (χ1v) is 11.9. The number of methoxy groups -OCH3 is 1. The number of hydrogen-bond donors (Lipinski definition) is 1. The number of ketones is 1. The van der Waals surface area contributed by atoms with Gasteiger partial charge in [0, 0.05) is 34.3 Å². The van der Waals surface area contributed by atoms with Crippen molar-refractivity contribution in [2.24, 2.45) is 0 Å². The maximum Gasteiger partial charge on any atom is 0.336 e. The number of nitrogens with one attached hydrogen (secondary N) is 1. The Hall–Kier alpha value is -3.05. The molecule has 0 amide bonds. The maximum absolute atomic E-state index is 13.1. The highest BCUT2D eigenvalue weighted by molar-refractivity contribution is 6.30. The number of aryl methyl sites for hydroxylation is 2. The molecule has 34 heavy (non-hydrogen) atoms. The summed E-state index contributed by atoms with van der Waals surface area (Å²) in [5, 5.41) is 3.99. The van der Waals surface area contributed by atoms with Crippen molar-refractivity contribution in [3.8, 4) is 5.75 Å². The van der Waals surface area contributed by atoms with Crippen LogP contribution in [0.1, 0.15) is 59.9 Å². The maximum atomic E-state index is 13.1. The number of allylic oxidation sites excluding steroid dienone is 3. The third kappa shape index (κ3) is 4.49. The lowest BCUT2D eigenvalue weighted by atomic mass is 9.73. The molecule has 1 aliphatic heterocycles. The molecule has 0 aromatic heterocycles. The summed E-state index contributed by atoms with van der Waals surface area (Å²) in [6.07, 6.45) is 2.09. The molecule has 2 aliphatic rings.